The van der Waals surface area contributed by atoms with Gasteiger partial charge in [-0.25, -0.2) is 0 Å². The SMILES string of the molecule is CCN1C(=O)/C(=C\c2ccc(OCC(=O)Nc3ccccc3C)c(OC)c2)SC1=S. The van der Waals surface area contributed by atoms with Crippen LogP contribution < -0.4 is 14.8 Å². The molecule has 0 spiro atoms. The standard InChI is InChI=1S/C22H22N2O4S2/c1-4-24-21(26)19(30-22(24)29)12-15-9-10-17(18(11-15)27-3)28-13-20(25)23-16-8-6-5-7-14(16)2/h5-12H,4,13H2,1-3H3,(H,23,25)/b19-12+. The van der Waals surface area contributed by atoms with Crippen LogP contribution in [0.1, 0.15) is 18.1 Å². The van der Waals surface area contributed by atoms with E-state index in [9.17, 15) is 9.59 Å². The van der Waals surface area contributed by atoms with E-state index in [1.807, 2.05) is 38.1 Å². The Bertz CT molecular complexity index is 1020. The molecule has 2 amide bonds. The molecular formula is C22H22N2O4S2. The molecule has 1 N–H and O–H groups in total. The number of benzene rings is 2. The minimum absolute atomic E-state index is 0.0975. The van der Waals surface area contributed by atoms with Gasteiger partial charge in [-0.2, -0.15) is 0 Å². The maximum atomic E-state index is 12.4. The number of hydrogen-bond acceptors (Lipinski definition) is 6. The molecule has 6 nitrogen and oxygen atoms in total. The number of amides is 2. The zero-order valence-electron chi connectivity index (χ0n) is 16.9. The number of anilines is 1. The summed E-state index contributed by atoms with van der Waals surface area (Å²) in [5, 5.41) is 2.82. The highest BCUT2D eigenvalue weighted by atomic mass is 32.2. The number of para-hydroxylation sites is 1. The molecule has 8 heteroatoms. The number of methoxy groups -OCH3 is 1. The maximum absolute atomic E-state index is 12.4. The van der Waals surface area contributed by atoms with E-state index in [4.69, 9.17) is 21.7 Å². The predicted molar refractivity (Wildman–Crippen MR) is 124 cm³/mol. The number of thioether (sulfide) groups is 1. The first-order valence-electron chi connectivity index (χ1n) is 9.34. The number of nitrogens with one attached hydrogen (secondary N) is 1. The Morgan fingerprint density at radius 2 is 2.00 bits per heavy atom. The van der Waals surface area contributed by atoms with Gasteiger partial charge in [-0.15, -0.1) is 0 Å². The summed E-state index contributed by atoms with van der Waals surface area (Å²) < 4.78 is 11.6. The number of rotatable bonds is 7. The third-order valence-electron chi connectivity index (χ3n) is 4.45. The van der Waals surface area contributed by atoms with E-state index < -0.39 is 0 Å². The molecule has 0 aromatic heterocycles. The number of aryl methyl sites for hydroxylation is 1. The molecule has 1 saturated heterocycles. The van der Waals surface area contributed by atoms with Crippen molar-refractivity contribution < 1.29 is 19.1 Å². The molecule has 1 aliphatic rings. The van der Waals surface area contributed by atoms with E-state index in [0.29, 0.717) is 27.3 Å². The van der Waals surface area contributed by atoms with Crippen molar-refractivity contribution in [2.45, 2.75) is 13.8 Å². The Labute approximate surface area is 185 Å². The minimum Gasteiger partial charge on any atom is -0.493 e. The molecule has 1 fully saturated rings. The summed E-state index contributed by atoms with van der Waals surface area (Å²) in [7, 11) is 1.52. The number of hydrogen-bond donors (Lipinski definition) is 1. The van der Waals surface area contributed by atoms with Crippen LogP contribution in [0.3, 0.4) is 0 Å². The summed E-state index contributed by atoms with van der Waals surface area (Å²) >= 11 is 6.52. The van der Waals surface area contributed by atoms with Crippen molar-refractivity contribution in [3.8, 4) is 11.5 Å². The molecule has 0 saturated carbocycles. The minimum atomic E-state index is -0.265. The average molecular weight is 443 g/mol. The van der Waals surface area contributed by atoms with Gasteiger partial charge in [0.15, 0.2) is 18.1 Å². The lowest BCUT2D eigenvalue weighted by molar-refractivity contribution is -0.122. The van der Waals surface area contributed by atoms with Gasteiger partial charge in [0.1, 0.15) is 4.32 Å². The molecule has 1 aliphatic heterocycles. The van der Waals surface area contributed by atoms with Crippen LogP contribution in [0.5, 0.6) is 11.5 Å². The lowest BCUT2D eigenvalue weighted by atomic mass is 10.2. The molecular weight excluding hydrogens is 420 g/mol. The molecule has 3 rings (SSSR count). The number of carbonyl (C=O) groups is 2. The lowest BCUT2D eigenvalue weighted by Gasteiger charge is -2.12. The molecule has 2 aromatic rings. The number of likely N-dealkylation sites (N-methyl/N-ethyl adjacent to an activating group) is 1. The highest BCUT2D eigenvalue weighted by Crippen LogP contribution is 2.34. The van der Waals surface area contributed by atoms with Crippen LogP contribution in [-0.2, 0) is 9.59 Å². The van der Waals surface area contributed by atoms with Crippen molar-refractivity contribution in [3.63, 3.8) is 0 Å². The Hall–Kier alpha value is -2.84. The number of thiocarbonyl (C=S) groups is 1. The third kappa shape index (κ3) is 5.01. The zero-order valence-corrected chi connectivity index (χ0v) is 18.6. The second-order valence-electron chi connectivity index (χ2n) is 6.49. The van der Waals surface area contributed by atoms with Crippen LogP contribution in [0, 0.1) is 6.92 Å². The van der Waals surface area contributed by atoms with Crippen LogP contribution in [0.2, 0.25) is 0 Å². The monoisotopic (exact) mass is 442 g/mol. The summed E-state index contributed by atoms with van der Waals surface area (Å²) in [4.78, 5) is 26.7. The van der Waals surface area contributed by atoms with Crippen LogP contribution >= 0.6 is 24.0 Å². The first-order valence-corrected chi connectivity index (χ1v) is 10.6. The van der Waals surface area contributed by atoms with Crippen LogP contribution in [0.15, 0.2) is 47.4 Å². The average Bonchev–Trinajstić information content (AvgIpc) is 3.00. The van der Waals surface area contributed by atoms with E-state index in [1.54, 1.807) is 29.2 Å². The Morgan fingerprint density at radius 1 is 1.23 bits per heavy atom. The highest BCUT2D eigenvalue weighted by Gasteiger charge is 2.30. The van der Waals surface area contributed by atoms with E-state index >= 15 is 0 Å². The summed E-state index contributed by atoms with van der Waals surface area (Å²) in [6, 6.07) is 12.8. The Balaban J connectivity index is 1.68. The van der Waals surface area contributed by atoms with Crippen molar-refractivity contribution in [1.29, 1.82) is 0 Å². The molecule has 1 heterocycles. The molecule has 0 unspecified atom stereocenters. The van der Waals surface area contributed by atoms with Gasteiger partial charge in [0.05, 0.1) is 12.0 Å². The highest BCUT2D eigenvalue weighted by molar-refractivity contribution is 8.26. The quantitative estimate of drug-likeness (QED) is 0.511. The number of ether oxygens (including phenoxy) is 2. The second-order valence-corrected chi connectivity index (χ2v) is 8.16. The smallest absolute Gasteiger partial charge is 0.266 e. The largest absolute Gasteiger partial charge is 0.493 e. The summed E-state index contributed by atoms with van der Waals surface area (Å²) in [6.45, 7) is 4.20. The first-order chi connectivity index (χ1) is 14.4. The normalized spacial score (nSPS) is 14.9. The molecule has 2 aromatic carbocycles. The fraction of sp³-hybridized carbons (Fsp3) is 0.227. The fourth-order valence-electron chi connectivity index (χ4n) is 2.86. The second kappa shape index (κ2) is 9.77. The molecule has 0 bridgehead atoms. The predicted octanol–water partition coefficient (Wildman–Crippen LogP) is 4.24. The Kier molecular flexibility index (Phi) is 7.12. The molecule has 0 radical (unpaired) electrons. The first kappa shape index (κ1) is 21.9. The van der Waals surface area contributed by atoms with Gasteiger partial charge < -0.3 is 14.8 Å². The summed E-state index contributed by atoms with van der Waals surface area (Å²) in [5.74, 6) is 0.549. The lowest BCUT2D eigenvalue weighted by Crippen LogP contribution is -2.27. The number of carbonyl (C=O) groups excluding carboxylic acids is 2. The van der Waals surface area contributed by atoms with E-state index in [-0.39, 0.29) is 18.4 Å². The molecule has 0 aliphatic carbocycles. The van der Waals surface area contributed by atoms with E-state index in [0.717, 1.165) is 16.8 Å². The van der Waals surface area contributed by atoms with Crippen molar-refractivity contribution in [2.75, 3.05) is 25.6 Å². The maximum Gasteiger partial charge on any atom is 0.266 e. The Morgan fingerprint density at radius 3 is 2.67 bits per heavy atom. The summed E-state index contributed by atoms with van der Waals surface area (Å²) in [6.07, 6.45) is 1.77. The van der Waals surface area contributed by atoms with Crippen molar-refractivity contribution >= 4 is 51.9 Å². The van der Waals surface area contributed by atoms with Crippen molar-refractivity contribution in [3.05, 3.63) is 58.5 Å². The fourth-order valence-corrected chi connectivity index (χ4v) is 4.24. The van der Waals surface area contributed by atoms with Crippen molar-refractivity contribution in [1.82, 2.24) is 4.90 Å². The van der Waals surface area contributed by atoms with Gasteiger partial charge in [0.2, 0.25) is 0 Å². The molecule has 156 valence electrons. The van der Waals surface area contributed by atoms with E-state index in [1.165, 1.54) is 18.9 Å². The molecule has 30 heavy (non-hydrogen) atoms. The summed E-state index contributed by atoms with van der Waals surface area (Å²) in [5.41, 5.74) is 2.50. The van der Waals surface area contributed by atoms with Crippen LogP contribution in [0.4, 0.5) is 5.69 Å². The van der Waals surface area contributed by atoms with E-state index in [2.05, 4.69) is 5.32 Å². The topological polar surface area (TPSA) is 67.9 Å². The zero-order chi connectivity index (χ0) is 21.7. The third-order valence-corrected chi connectivity index (χ3v) is 5.83. The van der Waals surface area contributed by atoms with Gasteiger partial charge in [-0.1, -0.05) is 48.2 Å². The van der Waals surface area contributed by atoms with Gasteiger partial charge >= 0.3 is 0 Å². The van der Waals surface area contributed by atoms with Crippen LogP contribution in [0.25, 0.3) is 6.08 Å². The van der Waals surface area contributed by atoms with Gasteiger partial charge in [-0.3, -0.25) is 14.5 Å². The van der Waals surface area contributed by atoms with Gasteiger partial charge in [0, 0.05) is 12.2 Å². The van der Waals surface area contributed by atoms with Crippen molar-refractivity contribution in [2.24, 2.45) is 0 Å². The van der Waals surface area contributed by atoms with Crippen LogP contribution in [-0.4, -0.2) is 41.3 Å². The molecule has 0 atom stereocenters. The van der Waals surface area contributed by atoms with Gasteiger partial charge in [0.25, 0.3) is 11.8 Å². The van der Waals surface area contributed by atoms with Gasteiger partial charge in [-0.05, 0) is 49.2 Å². The number of nitrogens with zero attached hydrogens (tertiary/aromatic N) is 1.